The van der Waals surface area contributed by atoms with Crippen molar-refractivity contribution in [1.82, 2.24) is 5.32 Å². The van der Waals surface area contributed by atoms with Gasteiger partial charge in [-0.2, -0.15) is 0 Å². The Balaban J connectivity index is 2.30. The zero-order valence-corrected chi connectivity index (χ0v) is 16.5. The van der Waals surface area contributed by atoms with Gasteiger partial charge < -0.3 is 20.1 Å². The highest BCUT2D eigenvalue weighted by molar-refractivity contribution is 6.32. The summed E-state index contributed by atoms with van der Waals surface area (Å²) in [6.45, 7) is 4.51. The lowest BCUT2D eigenvalue weighted by atomic mass is 10.1. The van der Waals surface area contributed by atoms with Crippen molar-refractivity contribution in [1.29, 1.82) is 0 Å². The highest BCUT2D eigenvalue weighted by atomic mass is 35.5. The van der Waals surface area contributed by atoms with E-state index in [2.05, 4.69) is 10.6 Å². The second-order valence-electron chi connectivity index (χ2n) is 6.27. The molecule has 27 heavy (non-hydrogen) atoms. The summed E-state index contributed by atoms with van der Waals surface area (Å²) in [7, 11) is 3.01. The molecular weight excluding hydrogens is 368 g/mol. The van der Waals surface area contributed by atoms with Crippen molar-refractivity contribution in [3.05, 3.63) is 52.5 Å². The molecule has 0 bridgehead atoms. The van der Waals surface area contributed by atoms with Crippen LogP contribution >= 0.6 is 11.6 Å². The minimum absolute atomic E-state index is 0.278. The van der Waals surface area contributed by atoms with E-state index in [0.29, 0.717) is 40.8 Å². The highest BCUT2D eigenvalue weighted by Crippen LogP contribution is 2.37. The maximum Gasteiger partial charge on any atom is 0.255 e. The number of nitrogens with one attached hydrogen (secondary N) is 2. The fraction of sp³-hybridized carbons (Fsp3) is 0.300. The first-order valence-electron chi connectivity index (χ1n) is 8.50. The van der Waals surface area contributed by atoms with Crippen LogP contribution in [0.4, 0.5) is 5.69 Å². The van der Waals surface area contributed by atoms with Gasteiger partial charge in [-0.3, -0.25) is 9.59 Å². The normalized spacial score (nSPS) is 10.4. The molecule has 0 aliphatic heterocycles. The van der Waals surface area contributed by atoms with Crippen molar-refractivity contribution in [2.24, 2.45) is 5.92 Å². The predicted molar refractivity (Wildman–Crippen MR) is 106 cm³/mol. The Bertz CT molecular complexity index is 837. The lowest BCUT2D eigenvalue weighted by Crippen LogP contribution is -2.21. The number of methoxy groups -OCH3 is 1. The van der Waals surface area contributed by atoms with Gasteiger partial charge >= 0.3 is 0 Å². The maximum absolute atomic E-state index is 12.7. The van der Waals surface area contributed by atoms with Gasteiger partial charge in [0.15, 0.2) is 11.5 Å². The van der Waals surface area contributed by atoms with Crippen LogP contribution in [0.1, 0.15) is 34.6 Å². The molecule has 0 atom stereocenters. The van der Waals surface area contributed by atoms with Crippen LogP contribution in [0.2, 0.25) is 5.02 Å². The summed E-state index contributed by atoms with van der Waals surface area (Å²) in [6.07, 6.45) is 0. The molecule has 0 heterocycles. The number of para-hydroxylation sites is 1. The molecule has 0 aromatic heterocycles. The number of carbonyl (C=O) groups excluding carboxylic acids is 2. The minimum Gasteiger partial charge on any atom is -0.493 e. The molecule has 0 radical (unpaired) electrons. The summed E-state index contributed by atoms with van der Waals surface area (Å²) < 4.78 is 11.0. The van der Waals surface area contributed by atoms with E-state index in [1.165, 1.54) is 20.2 Å². The van der Waals surface area contributed by atoms with Crippen LogP contribution in [-0.4, -0.2) is 32.6 Å². The first-order chi connectivity index (χ1) is 12.9. The molecule has 2 amide bonds. The number of benzene rings is 2. The fourth-order valence-electron chi connectivity index (χ4n) is 2.36. The Morgan fingerprint density at radius 3 is 2.48 bits per heavy atom. The first-order valence-corrected chi connectivity index (χ1v) is 8.88. The van der Waals surface area contributed by atoms with Crippen molar-refractivity contribution < 1.29 is 19.1 Å². The van der Waals surface area contributed by atoms with Crippen LogP contribution in [-0.2, 0) is 0 Å². The van der Waals surface area contributed by atoms with Gasteiger partial charge in [-0.1, -0.05) is 37.6 Å². The van der Waals surface area contributed by atoms with Crippen LogP contribution in [0.25, 0.3) is 0 Å². The summed E-state index contributed by atoms with van der Waals surface area (Å²) in [5.41, 5.74) is 1.06. The predicted octanol–water partition coefficient (Wildman–Crippen LogP) is 4.00. The highest BCUT2D eigenvalue weighted by Gasteiger charge is 2.18. The average molecular weight is 391 g/mol. The van der Waals surface area contributed by atoms with Crippen LogP contribution in [0, 0.1) is 5.92 Å². The third-order valence-electron chi connectivity index (χ3n) is 3.70. The van der Waals surface area contributed by atoms with Gasteiger partial charge in [0.2, 0.25) is 0 Å². The Morgan fingerprint density at radius 2 is 1.85 bits per heavy atom. The van der Waals surface area contributed by atoms with Crippen LogP contribution < -0.4 is 20.1 Å². The Hall–Kier alpha value is -2.73. The summed E-state index contributed by atoms with van der Waals surface area (Å²) in [6, 6.07) is 9.81. The lowest BCUT2D eigenvalue weighted by molar-refractivity contribution is 0.0964. The van der Waals surface area contributed by atoms with Crippen molar-refractivity contribution in [2.75, 3.05) is 26.1 Å². The van der Waals surface area contributed by atoms with E-state index in [1.807, 2.05) is 13.8 Å². The zero-order chi connectivity index (χ0) is 20.0. The first kappa shape index (κ1) is 20.6. The number of hydrogen-bond donors (Lipinski definition) is 2. The topological polar surface area (TPSA) is 76.7 Å². The van der Waals surface area contributed by atoms with E-state index in [0.717, 1.165) is 0 Å². The smallest absolute Gasteiger partial charge is 0.255 e. The molecule has 144 valence electrons. The van der Waals surface area contributed by atoms with Gasteiger partial charge in [0.05, 0.1) is 30.0 Å². The van der Waals surface area contributed by atoms with Gasteiger partial charge in [0.1, 0.15) is 0 Å². The summed E-state index contributed by atoms with van der Waals surface area (Å²) in [4.78, 5) is 24.6. The summed E-state index contributed by atoms with van der Waals surface area (Å²) in [5.74, 6) is 0.374. The molecule has 0 saturated carbocycles. The second kappa shape index (κ2) is 9.28. The van der Waals surface area contributed by atoms with Crippen molar-refractivity contribution >= 4 is 29.1 Å². The van der Waals surface area contributed by atoms with E-state index in [-0.39, 0.29) is 10.9 Å². The van der Waals surface area contributed by atoms with Gasteiger partial charge in [0, 0.05) is 12.6 Å². The van der Waals surface area contributed by atoms with Crippen LogP contribution in [0.3, 0.4) is 0 Å². The molecule has 0 aliphatic rings. The number of hydrogen-bond acceptors (Lipinski definition) is 4. The number of ether oxygens (including phenoxy) is 2. The Labute approximate surface area is 163 Å². The van der Waals surface area contributed by atoms with Crippen molar-refractivity contribution in [3.63, 3.8) is 0 Å². The Kier molecular flexibility index (Phi) is 7.07. The van der Waals surface area contributed by atoms with Gasteiger partial charge in [0.25, 0.3) is 11.8 Å². The Morgan fingerprint density at radius 1 is 1.15 bits per heavy atom. The number of carbonyl (C=O) groups is 2. The molecule has 0 unspecified atom stereocenters. The minimum atomic E-state index is -0.415. The number of amides is 2. The molecule has 0 spiro atoms. The van der Waals surface area contributed by atoms with Gasteiger partial charge in [-0.05, 0) is 30.2 Å². The van der Waals surface area contributed by atoms with Crippen LogP contribution in [0.15, 0.2) is 36.4 Å². The molecule has 0 saturated heterocycles. The lowest BCUT2D eigenvalue weighted by Gasteiger charge is -2.16. The monoisotopic (exact) mass is 390 g/mol. The van der Waals surface area contributed by atoms with E-state index in [1.54, 1.807) is 30.3 Å². The standard InChI is InChI=1S/C20H23ClN2O4/c1-12(2)11-27-18-15(21)9-13(10-17(18)26-4)19(24)23-16-8-6-5-7-14(16)20(25)22-3/h5-10,12H,11H2,1-4H3,(H,22,25)(H,23,24). The van der Waals surface area contributed by atoms with Crippen LogP contribution in [0.5, 0.6) is 11.5 Å². The SMILES string of the molecule is CNC(=O)c1ccccc1NC(=O)c1cc(Cl)c(OCC(C)C)c(OC)c1. The molecule has 0 fully saturated rings. The zero-order valence-electron chi connectivity index (χ0n) is 15.8. The van der Waals surface area contributed by atoms with E-state index in [9.17, 15) is 9.59 Å². The average Bonchev–Trinajstić information content (AvgIpc) is 2.65. The summed E-state index contributed by atoms with van der Waals surface area (Å²) in [5, 5.41) is 5.56. The molecule has 2 rings (SSSR count). The number of anilines is 1. The van der Waals surface area contributed by atoms with E-state index < -0.39 is 5.91 Å². The van der Waals surface area contributed by atoms with E-state index in [4.69, 9.17) is 21.1 Å². The summed E-state index contributed by atoms with van der Waals surface area (Å²) >= 11 is 6.30. The molecule has 2 aromatic rings. The molecule has 2 N–H and O–H groups in total. The van der Waals surface area contributed by atoms with Gasteiger partial charge in [-0.25, -0.2) is 0 Å². The third kappa shape index (κ3) is 5.14. The molecular formula is C20H23ClN2O4. The molecule has 6 nitrogen and oxygen atoms in total. The maximum atomic E-state index is 12.7. The molecule has 2 aromatic carbocycles. The molecule has 7 heteroatoms. The second-order valence-corrected chi connectivity index (χ2v) is 6.68. The van der Waals surface area contributed by atoms with Crippen molar-refractivity contribution in [2.45, 2.75) is 13.8 Å². The quantitative estimate of drug-likeness (QED) is 0.749. The van der Waals surface area contributed by atoms with Crippen molar-refractivity contribution in [3.8, 4) is 11.5 Å². The fourth-order valence-corrected chi connectivity index (χ4v) is 2.63. The van der Waals surface area contributed by atoms with Gasteiger partial charge in [-0.15, -0.1) is 0 Å². The van der Waals surface area contributed by atoms with E-state index >= 15 is 0 Å². The number of halogens is 1. The largest absolute Gasteiger partial charge is 0.493 e. The third-order valence-corrected chi connectivity index (χ3v) is 3.98. The number of rotatable bonds is 7. The molecule has 0 aliphatic carbocycles.